The summed E-state index contributed by atoms with van der Waals surface area (Å²) in [5, 5.41) is 7.66. The zero-order valence-corrected chi connectivity index (χ0v) is 17.6. The molecule has 1 fully saturated rings. The molecular formula is C20H22N4O5S. The van der Waals surface area contributed by atoms with Crippen LogP contribution in [0.3, 0.4) is 0 Å². The summed E-state index contributed by atoms with van der Waals surface area (Å²) in [5.74, 6) is 0.495. The van der Waals surface area contributed by atoms with Crippen LogP contribution >= 0.6 is 0 Å². The molecule has 0 N–H and O–H groups in total. The van der Waals surface area contributed by atoms with E-state index in [1.807, 2.05) is 30.3 Å². The Kier molecular flexibility index (Phi) is 5.44. The number of rotatable bonds is 4. The quantitative estimate of drug-likeness (QED) is 0.625. The molecule has 2 aromatic heterocycles. The number of nitrogens with zero attached hydrogens (tertiary/aromatic N) is 4. The predicted octanol–water partition coefficient (Wildman–Crippen LogP) is 2.48. The van der Waals surface area contributed by atoms with Crippen LogP contribution in [0, 0.1) is 13.8 Å². The van der Waals surface area contributed by atoms with E-state index in [0.717, 1.165) is 5.56 Å². The predicted molar refractivity (Wildman–Crippen MR) is 107 cm³/mol. The molecule has 158 valence electrons. The minimum absolute atomic E-state index is 0.103. The fourth-order valence-electron chi connectivity index (χ4n) is 3.59. The van der Waals surface area contributed by atoms with Gasteiger partial charge in [0.15, 0.2) is 17.2 Å². The van der Waals surface area contributed by atoms with Crippen molar-refractivity contribution in [3.63, 3.8) is 0 Å². The van der Waals surface area contributed by atoms with Crippen molar-refractivity contribution in [1.29, 1.82) is 0 Å². The molecule has 0 unspecified atom stereocenters. The van der Waals surface area contributed by atoms with Crippen LogP contribution < -0.4 is 0 Å². The van der Waals surface area contributed by atoms with E-state index in [0.29, 0.717) is 31.0 Å². The topological polar surface area (TPSA) is 110 Å². The van der Waals surface area contributed by atoms with Crippen molar-refractivity contribution in [1.82, 2.24) is 19.5 Å². The lowest BCUT2D eigenvalue weighted by atomic mass is 10.1. The van der Waals surface area contributed by atoms with Gasteiger partial charge in [0.25, 0.3) is 5.91 Å². The zero-order chi connectivity index (χ0) is 21.3. The molecule has 0 atom stereocenters. The average Bonchev–Trinajstić information content (AvgIpc) is 3.27. The SMILES string of the molecule is Cc1noc(C)c1S(=O)(=O)N1CCCN(C(=O)c2cc(-c3ccccc3)on2)CC1. The lowest BCUT2D eigenvalue weighted by Gasteiger charge is -2.21. The Morgan fingerprint density at radius 1 is 1.00 bits per heavy atom. The molecule has 4 rings (SSSR count). The standard InChI is InChI=1S/C20H22N4O5S/c1-14-19(15(2)28-21-14)30(26,27)24-10-6-9-23(11-12-24)20(25)17-13-18(29-22-17)16-7-4-3-5-8-16/h3-5,7-8,13H,6,9-12H2,1-2H3. The first kappa shape index (κ1) is 20.3. The fourth-order valence-corrected chi connectivity index (χ4v) is 5.35. The minimum atomic E-state index is -3.74. The number of hydrogen-bond acceptors (Lipinski definition) is 7. The van der Waals surface area contributed by atoms with E-state index in [2.05, 4.69) is 10.3 Å². The van der Waals surface area contributed by atoms with Crippen molar-refractivity contribution in [2.24, 2.45) is 0 Å². The van der Waals surface area contributed by atoms with Gasteiger partial charge in [-0.15, -0.1) is 0 Å². The Balaban J connectivity index is 1.48. The van der Waals surface area contributed by atoms with Gasteiger partial charge in [0.05, 0.1) is 0 Å². The van der Waals surface area contributed by atoms with Gasteiger partial charge in [-0.25, -0.2) is 8.42 Å². The second-order valence-corrected chi connectivity index (χ2v) is 9.02. The van der Waals surface area contributed by atoms with Crippen molar-refractivity contribution in [2.45, 2.75) is 25.2 Å². The molecule has 1 amide bonds. The summed E-state index contributed by atoms with van der Waals surface area (Å²) >= 11 is 0. The molecule has 3 aromatic rings. The van der Waals surface area contributed by atoms with Crippen molar-refractivity contribution in [3.8, 4) is 11.3 Å². The van der Waals surface area contributed by atoms with Crippen molar-refractivity contribution in [2.75, 3.05) is 26.2 Å². The number of aromatic nitrogens is 2. The third kappa shape index (κ3) is 3.75. The number of carbonyl (C=O) groups excluding carboxylic acids is 1. The van der Waals surface area contributed by atoms with Crippen LogP contribution in [0.1, 0.15) is 28.4 Å². The van der Waals surface area contributed by atoms with E-state index in [-0.39, 0.29) is 35.3 Å². The van der Waals surface area contributed by atoms with Crippen molar-refractivity contribution < 1.29 is 22.3 Å². The van der Waals surface area contributed by atoms with E-state index in [1.165, 1.54) is 4.31 Å². The molecule has 1 aromatic carbocycles. The van der Waals surface area contributed by atoms with Gasteiger partial charge < -0.3 is 13.9 Å². The Morgan fingerprint density at radius 3 is 2.47 bits per heavy atom. The Bertz CT molecular complexity index is 1130. The summed E-state index contributed by atoms with van der Waals surface area (Å²) in [5.41, 5.74) is 1.37. The molecule has 0 bridgehead atoms. The Labute approximate surface area is 174 Å². The molecule has 3 heterocycles. The molecule has 0 spiro atoms. The largest absolute Gasteiger partial charge is 0.360 e. The van der Waals surface area contributed by atoms with Crippen LogP contribution in [0.2, 0.25) is 0 Å². The second-order valence-electron chi connectivity index (χ2n) is 7.15. The summed E-state index contributed by atoms with van der Waals surface area (Å²) in [4.78, 5) is 14.6. The van der Waals surface area contributed by atoms with Gasteiger partial charge in [-0.1, -0.05) is 40.6 Å². The molecule has 0 radical (unpaired) electrons. The first-order valence-corrected chi connectivity index (χ1v) is 11.1. The third-order valence-electron chi connectivity index (χ3n) is 5.10. The van der Waals surface area contributed by atoms with Crippen LogP contribution in [-0.2, 0) is 10.0 Å². The Morgan fingerprint density at radius 2 is 1.77 bits per heavy atom. The van der Waals surface area contributed by atoms with Crippen LogP contribution in [0.25, 0.3) is 11.3 Å². The summed E-state index contributed by atoms with van der Waals surface area (Å²) in [6, 6.07) is 11.0. The maximum Gasteiger partial charge on any atom is 0.276 e. The lowest BCUT2D eigenvalue weighted by molar-refractivity contribution is 0.0754. The highest BCUT2D eigenvalue weighted by Crippen LogP contribution is 2.25. The molecule has 9 nitrogen and oxygen atoms in total. The number of aryl methyl sites for hydroxylation is 2. The van der Waals surface area contributed by atoms with Crippen molar-refractivity contribution >= 4 is 15.9 Å². The molecule has 1 aliphatic heterocycles. The van der Waals surface area contributed by atoms with E-state index >= 15 is 0 Å². The molecule has 10 heteroatoms. The highest BCUT2D eigenvalue weighted by Gasteiger charge is 2.33. The number of amides is 1. The zero-order valence-electron chi connectivity index (χ0n) is 16.7. The van der Waals surface area contributed by atoms with Crippen LogP contribution in [0.15, 0.2) is 50.3 Å². The van der Waals surface area contributed by atoms with Crippen LogP contribution in [-0.4, -0.2) is 60.0 Å². The first-order chi connectivity index (χ1) is 14.4. The summed E-state index contributed by atoms with van der Waals surface area (Å²) < 4.78 is 37.8. The van der Waals surface area contributed by atoms with Gasteiger partial charge in [-0.05, 0) is 20.3 Å². The fraction of sp³-hybridized carbons (Fsp3) is 0.350. The molecule has 0 saturated carbocycles. The van der Waals surface area contributed by atoms with Gasteiger partial charge in [0.2, 0.25) is 10.0 Å². The smallest absolute Gasteiger partial charge is 0.276 e. The summed E-state index contributed by atoms with van der Waals surface area (Å²) in [7, 11) is -3.74. The maximum atomic E-state index is 13.0. The molecule has 0 aliphatic carbocycles. The van der Waals surface area contributed by atoms with Gasteiger partial charge in [-0.2, -0.15) is 4.31 Å². The summed E-state index contributed by atoms with van der Waals surface area (Å²) in [6.45, 7) is 4.36. The van der Waals surface area contributed by atoms with Gasteiger partial charge in [0, 0.05) is 37.8 Å². The molecule has 1 saturated heterocycles. The number of sulfonamides is 1. The number of carbonyl (C=O) groups is 1. The molecule has 1 aliphatic rings. The molecule has 30 heavy (non-hydrogen) atoms. The van der Waals surface area contributed by atoms with Gasteiger partial charge in [0.1, 0.15) is 10.6 Å². The van der Waals surface area contributed by atoms with Crippen LogP contribution in [0.4, 0.5) is 0 Å². The Hall–Kier alpha value is -2.98. The normalized spacial score (nSPS) is 15.9. The van der Waals surface area contributed by atoms with Gasteiger partial charge >= 0.3 is 0 Å². The van der Waals surface area contributed by atoms with Gasteiger partial charge in [-0.3, -0.25) is 4.79 Å². The van der Waals surface area contributed by atoms with E-state index in [1.54, 1.807) is 24.8 Å². The first-order valence-electron chi connectivity index (χ1n) is 9.62. The van der Waals surface area contributed by atoms with E-state index in [4.69, 9.17) is 9.05 Å². The monoisotopic (exact) mass is 430 g/mol. The average molecular weight is 430 g/mol. The summed E-state index contributed by atoms with van der Waals surface area (Å²) in [6.07, 6.45) is 0.512. The maximum absolute atomic E-state index is 13.0. The highest BCUT2D eigenvalue weighted by molar-refractivity contribution is 7.89. The third-order valence-corrected chi connectivity index (χ3v) is 7.24. The minimum Gasteiger partial charge on any atom is -0.360 e. The highest BCUT2D eigenvalue weighted by atomic mass is 32.2. The second kappa shape index (κ2) is 8.04. The van der Waals surface area contributed by atoms with E-state index in [9.17, 15) is 13.2 Å². The van der Waals surface area contributed by atoms with Crippen molar-refractivity contribution in [3.05, 3.63) is 53.5 Å². The lowest BCUT2D eigenvalue weighted by Crippen LogP contribution is -2.37. The number of hydrogen-bond donors (Lipinski definition) is 0. The molecular weight excluding hydrogens is 408 g/mol. The van der Waals surface area contributed by atoms with Crippen LogP contribution in [0.5, 0.6) is 0 Å². The van der Waals surface area contributed by atoms with E-state index < -0.39 is 10.0 Å². The number of benzene rings is 1.